The fourth-order valence-electron chi connectivity index (χ4n) is 2.01. The topological polar surface area (TPSA) is 69.5 Å². The largest absolute Gasteiger partial charge is 0.396 e. The summed E-state index contributed by atoms with van der Waals surface area (Å²) in [5.74, 6) is 0.805. The molecular formula is C15H24ClIN4O. The number of hydrogen-bond acceptors (Lipinski definition) is 3. The molecule has 1 saturated carbocycles. The predicted molar refractivity (Wildman–Crippen MR) is 101 cm³/mol. The summed E-state index contributed by atoms with van der Waals surface area (Å²) in [6.07, 6.45) is 4.80. The molecule has 0 amide bonds. The number of rotatable bonds is 7. The van der Waals surface area contributed by atoms with E-state index in [4.69, 9.17) is 11.6 Å². The van der Waals surface area contributed by atoms with Crippen LogP contribution in [-0.4, -0.2) is 42.3 Å². The molecule has 0 atom stereocenters. The van der Waals surface area contributed by atoms with Gasteiger partial charge in [-0.05, 0) is 37.8 Å². The van der Waals surface area contributed by atoms with Gasteiger partial charge in [0.25, 0.3) is 0 Å². The molecule has 0 saturated heterocycles. The van der Waals surface area contributed by atoms with Gasteiger partial charge in [0.05, 0.1) is 13.2 Å². The molecule has 1 aliphatic carbocycles. The van der Waals surface area contributed by atoms with E-state index in [0.29, 0.717) is 11.7 Å². The average molecular weight is 439 g/mol. The number of aliphatic imine (C=N–C) groups is 1. The number of nitrogens with one attached hydrogen (secondary N) is 2. The second-order valence-corrected chi connectivity index (χ2v) is 5.91. The third kappa shape index (κ3) is 6.26. The minimum Gasteiger partial charge on any atom is -0.396 e. The Hall–Kier alpha value is -0.600. The molecule has 5 nitrogen and oxygen atoms in total. The zero-order chi connectivity index (χ0) is 15.1. The van der Waals surface area contributed by atoms with E-state index in [0.717, 1.165) is 43.9 Å². The van der Waals surface area contributed by atoms with Crippen molar-refractivity contribution in [3.05, 3.63) is 29.0 Å². The lowest BCUT2D eigenvalue weighted by Gasteiger charge is -2.13. The van der Waals surface area contributed by atoms with Gasteiger partial charge in [0.2, 0.25) is 0 Å². The molecular weight excluding hydrogens is 415 g/mol. The fraction of sp³-hybridized carbons (Fsp3) is 0.600. The van der Waals surface area contributed by atoms with Crippen LogP contribution in [0.25, 0.3) is 0 Å². The van der Waals surface area contributed by atoms with E-state index in [9.17, 15) is 5.11 Å². The maximum Gasteiger partial charge on any atom is 0.191 e. The molecule has 1 aliphatic rings. The van der Waals surface area contributed by atoms with E-state index >= 15 is 0 Å². The van der Waals surface area contributed by atoms with Crippen molar-refractivity contribution in [3.63, 3.8) is 0 Å². The zero-order valence-electron chi connectivity index (χ0n) is 12.8. The predicted octanol–water partition coefficient (Wildman–Crippen LogP) is 2.22. The lowest BCUT2D eigenvalue weighted by Crippen LogP contribution is -2.39. The van der Waals surface area contributed by atoms with E-state index < -0.39 is 0 Å². The van der Waals surface area contributed by atoms with Crippen molar-refractivity contribution in [1.82, 2.24) is 15.6 Å². The van der Waals surface area contributed by atoms with Crippen LogP contribution in [0, 0.1) is 5.41 Å². The number of guanidine groups is 1. The number of halogens is 2. The molecule has 124 valence electrons. The van der Waals surface area contributed by atoms with Crippen LogP contribution < -0.4 is 10.6 Å². The summed E-state index contributed by atoms with van der Waals surface area (Å²) in [4.78, 5) is 8.63. The maximum atomic E-state index is 9.32. The van der Waals surface area contributed by atoms with E-state index in [2.05, 4.69) is 20.6 Å². The van der Waals surface area contributed by atoms with E-state index in [1.165, 1.54) is 0 Å². The molecule has 1 fully saturated rings. The maximum absolute atomic E-state index is 9.32. The molecule has 0 aromatic carbocycles. The van der Waals surface area contributed by atoms with Crippen LogP contribution in [0.2, 0.25) is 5.15 Å². The second kappa shape index (κ2) is 9.52. The van der Waals surface area contributed by atoms with Crippen molar-refractivity contribution in [2.45, 2.75) is 26.2 Å². The van der Waals surface area contributed by atoms with Crippen molar-refractivity contribution in [3.8, 4) is 0 Å². The molecule has 2 rings (SSSR count). The van der Waals surface area contributed by atoms with Gasteiger partial charge in [0, 0.05) is 24.7 Å². The Labute approximate surface area is 154 Å². The molecule has 0 bridgehead atoms. The van der Waals surface area contributed by atoms with Crippen molar-refractivity contribution < 1.29 is 5.11 Å². The van der Waals surface area contributed by atoms with Crippen molar-refractivity contribution >= 4 is 41.5 Å². The molecule has 0 radical (unpaired) electrons. The van der Waals surface area contributed by atoms with Crippen LogP contribution in [0.15, 0.2) is 23.3 Å². The Balaban J connectivity index is 0.00000242. The van der Waals surface area contributed by atoms with E-state index in [1.54, 1.807) is 12.3 Å². The fourth-order valence-corrected chi connectivity index (χ4v) is 2.12. The number of aliphatic hydroxyl groups is 1. The van der Waals surface area contributed by atoms with Gasteiger partial charge in [-0.2, -0.15) is 0 Å². The van der Waals surface area contributed by atoms with Crippen LogP contribution in [0.3, 0.4) is 0 Å². The van der Waals surface area contributed by atoms with Gasteiger partial charge in [-0.15, -0.1) is 24.0 Å². The van der Waals surface area contributed by atoms with E-state index in [-0.39, 0.29) is 36.0 Å². The first kappa shape index (κ1) is 19.4. The van der Waals surface area contributed by atoms with Gasteiger partial charge in [-0.1, -0.05) is 17.7 Å². The molecule has 1 aromatic heterocycles. The molecule has 1 heterocycles. The highest BCUT2D eigenvalue weighted by Gasteiger charge is 2.41. The third-order valence-corrected chi connectivity index (χ3v) is 3.93. The molecule has 0 unspecified atom stereocenters. The van der Waals surface area contributed by atoms with Gasteiger partial charge >= 0.3 is 0 Å². The Kier molecular flexibility index (Phi) is 8.41. The minimum atomic E-state index is 0. The number of aromatic nitrogens is 1. The smallest absolute Gasteiger partial charge is 0.191 e. The zero-order valence-corrected chi connectivity index (χ0v) is 15.9. The lowest BCUT2D eigenvalue weighted by atomic mass is 10.1. The van der Waals surface area contributed by atoms with Gasteiger partial charge in [0.15, 0.2) is 5.96 Å². The van der Waals surface area contributed by atoms with Gasteiger partial charge < -0.3 is 15.7 Å². The Morgan fingerprint density at radius 2 is 2.18 bits per heavy atom. The molecule has 7 heteroatoms. The minimum absolute atomic E-state index is 0. The Morgan fingerprint density at radius 3 is 2.73 bits per heavy atom. The van der Waals surface area contributed by atoms with Gasteiger partial charge in [-0.3, -0.25) is 4.99 Å². The highest BCUT2D eigenvalue weighted by molar-refractivity contribution is 14.0. The quantitative estimate of drug-likeness (QED) is 0.264. The second-order valence-electron chi connectivity index (χ2n) is 5.52. The molecule has 3 N–H and O–H groups in total. The summed E-state index contributed by atoms with van der Waals surface area (Å²) in [7, 11) is 0. The normalized spacial score (nSPS) is 15.9. The van der Waals surface area contributed by atoms with Crippen LogP contribution in [0.4, 0.5) is 0 Å². The summed E-state index contributed by atoms with van der Waals surface area (Å²) in [6, 6.07) is 3.78. The number of nitrogens with zero attached hydrogens (tertiary/aromatic N) is 2. The molecule has 0 spiro atoms. The molecule has 22 heavy (non-hydrogen) atoms. The van der Waals surface area contributed by atoms with Crippen LogP contribution in [0.5, 0.6) is 0 Å². The summed E-state index contributed by atoms with van der Waals surface area (Å²) in [6.45, 7) is 4.55. The third-order valence-electron chi connectivity index (χ3n) is 3.70. The SMILES string of the molecule is CCNC(=NCC1(CO)CC1)NCCc1ccc(Cl)nc1.I. The lowest BCUT2D eigenvalue weighted by molar-refractivity contribution is 0.217. The monoisotopic (exact) mass is 438 g/mol. The standard InChI is InChI=1S/C15H23ClN4O.HI/c1-2-17-14(20-10-15(11-21)6-7-15)18-8-5-12-3-4-13(16)19-9-12;/h3-4,9,21H,2,5-8,10-11H2,1H3,(H2,17,18,20);1H. The summed E-state index contributed by atoms with van der Waals surface area (Å²) in [5.41, 5.74) is 1.18. The van der Waals surface area contributed by atoms with E-state index in [1.807, 2.05) is 13.0 Å². The Bertz CT molecular complexity index is 477. The first-order chi connectivity index (χ1) is 10.2. The molecule has 1 aromatic rings. The Morgan fingerprint density at radius 1 is 1.41 bits per heavy atom. The van der Waals surface area contributed by atoms with Crippen LogP contribution in [-0.2, 0) is 6.42 Å². The summed E-state index contributed by atoms with van der Waals surface area (Å²) < 4.78 is 0. The van der Waals surface area contributed by atoms with Gasteiger partial charge in [0.1, 0.15) is 5.15 Å². The van der Waals surface area contributed by atoms with Crippen molar-refractivity contribution in [2.24, 2.45) is 10.4 Å². The number of pyridine rings is 1. The summed E-state index contributed by atoms with van der Waals surface area (Å²) in [5, 5.41) is 16.4. The van der Waals surface area contributed by atoms with Gasteiger partial charge in [-0.25, -0.2) is 4.98 Å². The van der Waals surface area contributed by atoms with Crippen molar-refractivity contribution in [2.75, 3.05) is 26.2 Å². The van der Waals surface area contributed by atoms with Crippen LogP contribution >= 0.6 is 35.6 Å². The van der Waals surface area contributed by atoms with Crippen LogP contribution in [0.1, 0.15) is 25.3 Å². The highest BCUT2D eigenvalue weighted by Crippen LogP contribution is 2.45. The average Bonchev–Trinajstić information content (AvgIpc) is 3.27. The highest BCUT2D eigenvalue weighted by atomic mass is 127. The summed E-state index contributed by atoms with van der Waals surface area (Å²) >= 11 is 5.76. The first-order valence-electron chi connectivity index (χ1n) is 7.41. The first-order valence-corrected chi connectivity index (χ1v) is 7.79. The van der Waals surface area contributed by atoms with Crippen molar-refractivity contribution in [1.29, 1.82) is 0 Å². The number of aliphatic hydroxyl groups excluding tert-OH is 1. The molecule has 0 aliphatic heterocycles. The number of hydrogen-bond donors (Lipinski definition) is 3.